The molecule has 1 aromatic carbocycles. The summed E-state index contributed by atoms with van der Waals surface area (Å²) in [6.07, 6.45) is 2.52. The number of anilines is 1. The van der Waals surface area contributed by atoms with Gasteiger partial charge >= 0.3 is 5.97 Å². The first kappa shape index (κ1) is 20.2. The van der Waals surface area contributed by atoms with Crippen molar-refractivity contribution in [2.45, 2.75) is 46.1 Å². The summed E-state index contributed by atoms with van der Waals surface area (Å²) in [5, 5.41) is 4.11. The van der Waals surface area contributed by atoms with Crippen LogP contribution in [0.4, 0.5) is 5.00 Å². The fraction of sp³-hybridized carbons (Fsp3) is 0.400. The Morgan fingerprint density at radius 1 is 1.26 bits per heavy atom. The standard InChI is InChI=1S/C20H21Cl2NO3S/c1-10(2)26-20(25)17-13-6-4-11(3)8-16(13)27-19(17)23-18(24)12-5-7-14(21)15(22)9-12/h5,7,9-11H,4,6,8H2,1-3H3,(H,23,24)/t11-/m0/s1. The molecule has 1 N–H and O–H groups in total. The third kappa shape index (κ3) is 4.48. The Hall–Kier alpha value is -1.56. The van der Waals surface area contributed by atoms with Crippen molar-refractivity contribution < 1.29 is 14.3 Å². The van der Waals surface area contributed by atoms with Crippen LogP contribution in [0.25, 0.3) is 0 Å². The van der Waals surface area contributed by atoms with E-state index in [9.17, 15) is 9.59 Å². The summed E-state index contributed by atoms with van der Waals surface area (Å²) >= 11 is 13.4. The van der Waals surface area contributed by atoms with E-state index in [0.29, 0.717) is 32.1 Å². The zero-order valence-electron chi connectivity index (χ0n) is 15.4. The molecule has 0 bridgehead atoms. The third-order valence-electron chi connectivity index (χ3n) is 4.47. The number of amides is 1. The minimum absolute atomic E-state index is 0.228. The molecule has 0 saturated heterocycles. The average Bonchev–Trinajstić information content (AvgIpc) is 2.93. The summed E-state index contributed by atoms with van der Waals surface area (Å²) in [6.45, 7) is 5.82. The number of ether oxygens (including phenoxy) is 1. The molecule has 0 fully saturated rings. The largest absolute Gasteiger partial charge is 0.459 e. The van der Waals surface area contributed by atoms with Crippen molar-refractivity contribution in [2.75, 3.05) is 5.32 Å². The van der Waals surface area contributed by atoms with E-state index in [1.54, 1.807) is 12.1 Å². The van der Waals surface area contributed by atoms with Gasteiger partial charge in [-0.3, -0.25) is 4.79 Å². The molecule has 1 amide bonds. The minimum atomic E-state index is -0.388. The normalized spacial score (nSPS) is 16.1. The molecule has 0 radical (unpaired) electrons. The Bertz CT molecular complexity index is 892. The molecule has 27 heavy (non-hydrogen) atoms. The summed E-state index contributed by atoms with van der Waals surface area (Å²) in [5.41, 5.74) is 1.88. The zero-order valence-corrected chi connectivity index (χ0v) is 17.7. The Balaban J connectivity index is 1.95. The molecule has 0 spiro atoms. The number of fused-ring (bicyclic) bond motifs is 1. The quantitative estimate of drug-likeness (QED) is 0.611. The van der Waals surface area contributed by atoms with Gasteiger partial charge in [0.2, 0.25) is 0 Å². The van der Waals surface area contributed by atoms with Crippen LogP contribution in [-0.4, -0.2) is 18.0 Å². The Labute approximate surface area is 172 Å². The highest BCUT2D eigenvalue weighted by Crippen LogP contribution is 2.40. The molecule has 2 aromatic rings. The first-order valence-corrected chi connectivity index (χ1v) is 10.5. The second-order valence-electron chi connectivity index (χ2n) is 7.09. The number of thiophene rings is 1. The monoisotopic (exact) mass is 425 g/mol. The molecule has 1 heterocycles. The summed E-state index contributed by atoms with van der Waals surface area (Å²) in [6, 6.07) is 4.69. The van der Waals surface area contributed by atoms with Gasteiger partial charge in [0, 0.05) is 10.4 Å². The van der Waals surface area contributed by atoms with E-state index in [0.717, 1.165) is 29.7 Å². The van der Waals surface area contributed by atoms with E-state index >= 15 is 0 Å². The van der Waals surface area contributed by atoms with Gasteiger partial charge in [0.05, 0.1) is 21.7 Å². The first-order chi connectivity index (χ1) is 12.8. The maximum atomic E-state index is 12.7. The van der Waals surface area contributed by atoms with Gasteiger partial charge in [0.25, 0.3) is 5.91 Å². The van der Waals surface area contributed by atoms with E-state index in [-0.39, 0.29) is 18.0 Å². The van der Waals surface area contributed by atoms with E-state index in [2.05, 4.69) is 12.2 Å². The molecular formula is C20H21Cl2NO3S. The number of carbonyl (C=O) groups is 2. The van der Waals surface area contributed by atoms with Crippen molar-refractivity contribution in [1.29, 1.82) is 0 Å². The van der Waals surface area contributed by atoms with Gasteiger partial charge in [-0.05, 0) is 62.8 Å². The number of rotatable bonds is 4. The molecule has 4 nitrogen and oxygen atoms in total. The molecule has 1 aliphatic rings. The van der Waals surface area contributed by atoms with Crippen molar-refractivity contribution >= 4 is 51.4 Å². The third-order valence-corrected chi connectivity index (χ3v) is 6.38. The van der Waals surface area contributed by atoms with Gasteiger partial charge in [-0.1, -0.05) is 30.1 Å². The minimum Gasteiger partial charge on any atom is -0.459 e. The molecule has 1 atom stereocenters. The van der Waals surface area contributed by atoms with Crippen molar-refractivity contribution in [3.8, 4) is 0 Å². The number of carbonyl (C=O) groups excluding carboxylic acids is 2. The summed E-state index contributed by atoms with van der Waals surface area (Å²) in [7, 11) is 0. The topological polar surface area (TPSA) is 55.4 Å². The van der Waals surface area contributed by atoms with Crippen molar-refractivity contribution in [3.63, 3.8) is 0 Å². The molecule has 1 aliphatic carbocycles. The molecule has 0 unspecified atom stereocenters. The lowest BCUT2D eigenvalue weighted by molar-refractivity contribution is 0.0378. The predicted octanol–water partition coefficient (Wildman–Crippen LogP) is 6.00. The van der Waals surface area contributed by atoms with Gasteiger partial charge in [0.15, 0.2) is 0 Å². The molecule has 0 aliphatic heterocycles. The molecule has 144 valence electrons. The van der Waals surface area contributed by atoms with Gasteiger partial charge in [-0.25, -0.2) is 4.79 Å². The maximum Gasteiger partial charge on any atom is 0.341 e. The highest BCUT2D eigenvalue weighted by atomic mass is 35.5. The fourth-order valence-corrected chi connectivity index (χ4v) is 4.83. The lowest BCUT2D eigenvalue weighted by atomic mass is 9.88. The average molecular weight is 426 g/mol. The summed E-state index contributed by atoms with van der Waals surface area (Å²) < 4.78 is 5.43. The van der Waals surface area contributed by atoms with E-state index in [1.165, 1.54) is 17.4 Å². The van der Waals surface area contributed by atoms with Crippen LogP contribution in [0.1, 0.15) is 58.3 Å². The number of nitrogens with one attached hydrogen (secondary N) is 1. The number of hydrogen-bond donors (Lipinski definition) is 1. The Kier molecular flexibility index (Phi) is 6.14. The number of halogens is 2. The second-order valence-corrected chi connectivity index (χ2v) is 9.01. The molecule has 1 aromatic heterocycles. The Morgan fingerprint density at radius 2 is 2.00 bits per heavy atom. The van der Waals surface area contributed by atoms with Crippen LogP contribution in [0, 0.1) is 5.92 Å². The lowest BCUT2D eigenvalue weighted by Crippen LogP contribution is -2.18. The van der Waals surface area contributed by atoms with Crippen LogP contribution in [0.15, 0.2) is 18.2 Å². The van der Waals surface area contributed by atoms with Crippen LogP contribution in [0.2, 0.25) is 10.0 Å². The second kappa shape index (κ2) is 8.21. The first-order valence-electron chi connectivity index (χ1n) is 8.88. The van der Waals surface area contributed by atoms with Gasteiger partial charge in [0.1, 0.15) is 5.00 Å². The van der Waals surface area contributed by atoms with E-state index in [1.807, 2.05) is 13.8 Å². The molecule has 3 rings (SSSR count). The van der Waals surface area contributed by atoms with Crippen molar-refractivity contribution in [1.82, 2.24) is 0 Å². The van der Waals surface area contributed by atoms with Crippen LogP contribution >= 0.6 is 34.5 Å². The van der Waals surface area contributed by atoms with E-state index < -0.39 is 0 Å². The highest BCUT2D eigenvalue weighted by Gasteiger charge is 2.29. The van der Waals surface area contributed by atoms with Gasteiger partial charge in [-0.15, -0.1) is 11.3 Å². The maximum absolute atomic E-state index is 12.7. The number of benzene rings is 1. The zero-order chi connectivity index (χ0) is 19.7. The van der Waals surface area contributed by atoms with Crippen LogP contribution in [-0.2, 0) is 17.6 Å². The van der Waals surface area contributed by atoms with Crippen LogP contribution < -0.4 is 5.32 Å². The molecule has 7 heteroatoms. The fourth-order valence-electron chi connectivity index (χ4n) is 3.14. The van der Waals surface area contributed by atoms with E-state index in [4.69, 9.17) is 27.9 Å². The van der Waals surface area contributed by atoms with Crippen LogP contribution in [0.3, 0.4) is 0 Å². The number of hydrogen-bond acceptors (Lipinski definition) is 4. The smallest absolute Gasteiger partial charge is 0.341 e. The van der Waals surface area contributed by atoms with Gasteiger partial charge in [-0.2, -0.15) is 0 Å². The summed E-state index contributed by atoms with van der Waals surface area (Å²) in [4.78, 5) is 26.5. The van der Waals surface area contributed by atoms with Crippen molar-refractivity contribution in [3.05, 3.63) is 49.8 Å². The van der Waals surface area contributed by atoms with Crippen LogP contribution in [0.5, 0.6) is 0 Å². The molecule has 0 saturated carbocycles. The predicted molar refractivity (Wildman–Crippen MR) is 110 cm³/mol. The van der Waals surface area contributed by atoms with Gasteiger partial charge < -0.3 is 10.1 Å². The number of esters is 1. The van der Waals surface area contributed by atoms with Crippen molar-refractivity contribution in [2.24, 2.45) is 5.92 Å². The Morgan fingerprint density at radius 3 is 2.67 bits per heavy atom. The molecular weight excluding hydrogens is 405 g/mol. The summed E-state index contributed by atoms with van der Waals surface area (Å²) in [5.74, 6) is -0.163. The SMILES string of the molecule is CC(C)OC(=O)c1c(NC(=O)c2ccc(Cl)c(Cl)c2)sc2c1CC[C@H](C)C2. The highest BCUT2D eigenvalue weighted by molar-refractivity contribution is 7.17. The lowest BCUT2D eigenvalue weighted by Gasteiger charge is -2.18.